The van der Waals surface area contributed by atoms with Gasteiger partial charge < -0.3 is 10.3 Å². The number of carbonyl (C=O) groups is 1. The number of rotatable bonds is 3. The van der Waals surface area contributed by atoms with Gasteiger partial charge >= 0.3 is 0 Å². The molecule has 4 heteroatoms. The zero-order valence-electron chi connectivity index (χ0n) is 14.7. The van der Waals surface area contributed by atoms with E-state index in [2.05, 4.69) is 28.3 Å². The summed E-state index contributed by atoms with van der Waals surface area (Å²) in [6, 6.07) is 21.3. The fourth-order valence-corrected chi connectivity index (χ4v) is 3.03. The average Bonchev–Trinajstić information content (AvgIpc) is 3.05. The van der Waals surface area contributed by atoms with Gasteiger partial charge in [0.25, 0.3) is 5.91 Å². The molecule has 1 aromatic heterocycles. The lowest BCUT2D eigenvalue weighted by atomic mass is 10.1. The first-order chi connectivity index (χ1) is 12.6. The molecule has 0 unspecified atom stereocenters. The van der Waals surface area contributed by atoms with Crippen LogP contribution in [0, 0.1) is 13.8 Å². The number of anilines is 1. The first kappa shape index (κ1) is 16.1. The van der Waals surface area contributed by atoms with Gasteiger partial charge in [0, 0.05) is 11.1 Å². The molecule has 4 nitrogen and oxygen atoms in total. The number of carbonyl (C=O) groups excluding carboxylic acids is 1. The molecule has 4 rings (SSSR count). The van der Waals surface area contributed by atoms with Crippen LogP contribution in [0.25, 0.3) is 22.4 Å². The maximum Gasteiger partial charge on any atom is 0.255 e. The maximum atomic E-state index is 12.6. The van der Waals surface area contributed by atoms with Gasteiger partial charge in [-0.2, -0.15) is 0 Å². The summed E-state index contributed by atoms with van der Waals surface area (Å²) in [6.07, 6.45) is 0. The van der Waals surface area contributed by atoms with Crippen molar-refractivity contribution >= 4 is 22.6 Å². The average molecular weight is 341 g/mol. The molecular weight excluding hydrogens is 322 g/mol. The van der Waals surface area contributed by atoms with E-state index >= 15 is 0 Å². The number of aromatic nitrogens is 2. The van der Waals surface area contributed by atoms with Crippen LogP contribution in [-0.4, -0.2) is 15.9 Å². The summed E-state index contributed by atoms with van der Waals surface area (Å²) in [5.74, 6) is 0.610. The highest BCUT2D eigenvalue weighted by Gasteiger charge is 2.13. The van der Waals surface area contributed by atoms with Gasteiger partial charge in [-0.1, -0.05) is 35.9 Å². The third kappa shape index (κ3) is 3.09. The molecule has 4 aromatic rings. The van der Waals surface area contributed by atoms with Crippen LogP contribution in [0.2, 0.25) is 0 Å². The van der Waals surface area contributed by atoms with Gasteiger partial charge in [-0.3, -0.25) is 4.79 Å². The molecule has 2 N–H and O–H groups in total. The minimum atomic E-state index is -0.131. The number of aryl methyl sites for hydroxylation is 2. The molecule has 0 saturated carbocycles. The van der Waals surface area contributed by atoms with E-state index in [1.54, 1.807) is 0 Å². The predicted octanol–water partition coefficient (Wildman–Crippen LogP) is 5.10. The van der Waals surface area contributed by atoms with Crippen LogP contribution >= 0.6 is 0 Å². The van der Waals surface area contributed by atoms with Crippen molar-refractivity contribution in [3.63, 3.8) is 0 Å². The van der Waals surface area contributed by atoms with Crippen molar-refractivity contribution in [1.29, 1.82) is 0 Å². The molecule has 1 amide bonds. The van der Waals surface area contributed by atoms with Crippen LogP contribution in [0.3, 0.4) is 0 Å². The molecule has 0 aliphatic rings. The number of fused-ring (bicyclic) bond motifs is 1. The quantitative estimate of drug-likeness (QED) is 0.545. The van der Waals surface area contributed by atoms with Crippen LogP contribution in [0.15, 0.2) is 66.7 Å². The number of hydrogen-bond acceptors (Lipinski definition) is 2. The van der Waals surface area contributed by atoms with Crippen molar-refractivity contribution in [1.82, 2.24) is 9.97 Å². The predicted molar refractivity (Wildman–Crippen MR) is 105 cm³/mol. The van der Waals surface area contributed by atoms with E-state index < -0.39 is 0 Å². The minimum absolute atomic E-state index is 0.131. The second kappa shape index (κ2) is 6.48. The Labute approximate surface area is 151 Å². The van der Waals surface area contributed by atoms with E-state index in [4.69, 9.17) is 0 Å². The summed E-state index contributed by atoms with van der Waals surface area (Å²) in [4.78, 5) is 20.6. The van der Waals surface area contributed by atoms with Gasteiger partial charge in [0.05, 0.1) is 16.7 Å². The molecule has 0 aliphatic heterocycles. The van der Waals surface area contributed by atoms with E-state index in [-0.39, 0.29) is 5.91 Å². The van der Waals surface area contributed by atoms with Gasteiger partial charge in [0.1, 0.15) is 5.82 Å². The minimum Gasteiger partial charge on any atom is -0.338 e. The Bertz CT molecular complexity index is 1110. The highest BCUT2D eigenvalue weighted by molar-refractivity contribution is 6.06. The van der Waals surface area contributed by atoms with Gasteiger partial charge in [-0.05, 0) is 55.8 Å². The molecule has 0 atom stereocenters. The lowest BCUT2D eigenvalue weighted by Gasteiger charge is -2.10. The molecule has 3 aromatic carbocycles. The Balaban J connectivity index is 1.71. The number of para-hydroxylation sites is 1. The Kier molecular flexibility index (Phi) is 4.01. The molecular formula is C22H19N3O. The highest BCUT2D eigenvalue weighted by atomic mass is 16.1. The number of amides is 1. The van der Waals surface area contributed by atoms with Crippen LogP contribution < -0.4 is 5.32 Å². The smallest absolute Gasteiger partial charge is 0.255 e. The maximum absolute atomic E-state index is 12.6. The molecule has 0 radical (unpaired) electrons. The van der Waals surface area contributed by atoms with Gasteiger partial charge in [-0.15, -0.1) is 0 Å². The van der Waals surface area contributed by atoms with Crippen molar-refractivity contribution in [2.24, 2.45) is 0 Å². The van der Waals surface area contributed by atoms with E-state index in [1.165, 1.54) is 5.56 Å². The second-order valence-electron chi connectivity index (χ2n) is 6.48. The molecule has 26 heavy (non-hydrogen) atoms. The van der Waals surface area contributed by atoms with Crippen molar-refractivity contribution in [3.05, 3.63) is 83.4 Å². The van der Waals surface area contributed by atoms with E-state index in [9.17, 15) is 4.79 Å². The SMILES string of the molecule is Cc1cccc(C(=O)Nc2ccccc2-c2nc3ccc(C)cc3[nH]2)c1. The summed E-state index contributed by atoms with van der Waals surface area (Å²) in [7, 11) is 0. The van der Waals surface area contributed by atoms with Gasteiger partial charge in [-0.25, -0.2) is 4.98 Å². The first-order valence-corrected chi connectivity index (χ1v) is 8.54. The third-order valence-corrected chi connectivity index (χ3v) is 4.35. The van der Waals surface area contributed by atoms with Crippen LogP contribution in [0.1, 0.15) is 21.5 Å². The number of H-pyrrole nitrogens is 1. The fourth-order valence-electron chi connectivity index (χ4n) is 3.03. The standard InChI is InChI=1S/C22H19N3O/c1-14-6-5-7-16(12-14)22(26)25-18-9-4-3-8-17(18)21-23-19-11-10-15(2)13-20(19)24-21/h3-13H,1-2H3,(H,23,24)(H,25,26). The Morgan fingerprint density at radius 1 is 0.923 bits per heavy atom. The molecule has 0 saturated heterocycles. The Morgan fingerprint density at radius 3 is 2.58 bits per heavy atom. The molecule has 128 valence electrons. The first-order valence-electron chi connectivity index (χ1n) is 8.54. The Morgan fingerprint density at radius 2 is 1.73 bits per heavy atom. The van der Waals surface area contributed by atoms with Crippen LogP contribution in [0.4, 0.5) is 5.69 Å². The Hall–Kier alpha value is -3.40. The van der Waals surface area contributed by atoms with Crippen molar-refractivity contribution in [2.75, 3.05) is 5.32 Å². The van der Waals surface area contributed by atoms with E-state index in [0.717, 1.165) is 33.7 Å². The van der Waals surface area contributed by atoms with E-state index in [1.807, 2.05) is 67.6 Å². The molecule has 0 bridgehead atoms. The summed E-state index contributed by atoms with van der Waals surface area (Å²) in [5, 5.41) is 3.01. The molecule has 0 aliphatic carbocycles. The van der Waals surface area contributed by atoms with E-state index in [0.29, 0.717) is 5.56 Å². The number of nitrogens with zero attached hydrogens (tertiary/aromatic N) is 1. The number of nitrogens with one attached hydrogen (secondary N) is 2. The normalized spacial score (nSPS) is 10.8. The molecule has 1 heterocycles. The van der Waals surface area contributed by atoms with Crippen molar-refractivity contribution in [3.8, 4) is 11.4 Å². The van der Waals surface area contributed by atoms with Crippen molar-refractivity contribution in [2.45, 2.75) is 13.8 Å². The number of aromatic amines is 1. The topological polar surface area (TPSA) is 57.8 Å². The number of benzene rings is 3. The second-order valence-corrected chi connectivity index (χ2v) is 6.48. The lowest BCUT2D eigenvalue weighted by molar-refractivity contribution is 0.102. The largest absolute Gasteiger partial charge is 0.338 e. The summed E-state index contributed by atoms with van der Waals surface area (Å²) >= 11 is 0. The lowest BCUT2D eigenvalue weighted by Crippen LogP contribution is -2.12. The third-order valence-electron chi connectivity index (χ3n) is 4.35. The summed E-state index contributed by atoms with van der Waals surface area (Å²) in [5.41, 5.74) is 6.36. The van der Waals surface area contributed by atoms with Gasteiger partial charge in [0.15, 0.2) is 0 Å². The van der Waals surface area contributed by atoms with Gasteiger partial charge in [0.2, 0.25) is 0 Å². The van der Waals surface area contributed by atoms with Crippen molar-refractivity contribution < 1.29 is 4.79 Å². The number of imidazole rings is 1. The molecule has 0 spiro atoms. The van der Waals surface area contributed by atoms with Crippen LogP contribution in [0.5, 0.6) is 0 Å². The molecule has 0 fully saturated rings. The summed E-state index contributed by atoms with van der Waals surface area (Å²) < 4.78 is 0. The zero-order chi connectivity index (χ0) is 18.1. The highest BCUT2D eigenvalue weighted by Crippen LogP contribution is 2.28. The van der Waals surface area contributed by atoms with Crippen LogP contribution in [-0.2, 0) is 0 Å². The monoisotopic (exact) mass is 341 g/mol. The number of hydrogen-bond donors (Lipinski definition) is 2. The summed E-state index contributed by atoms with van der Waals surface area (Å²) in [6.45, 7) is 4.02. The fraction of sp³-hybridized carbons (Fsp3) is 0.0909. The zero-order valence-corrected chi connectivity index (χ0v) is 14.7.